The molecule has 0 aromatic heterocycles. The lowest BCUT2D eigenvalue weighted by Gasteiger charge is -1.94. The van der Waals surface area contributed by atoms with Crippen LogP contribution in [-0.2, 0) is 0 Å². The van der Waals surface area contributed by atoms with Crippen molar-refractivity contribution in [3.63, 3.8) is 0 Å². The highest BCUT2D eigenvalue weighted by Gasteiger charge is 2.20. The fourth-order valence-electron chi connectivity index (χ4n) is 0.538. The van der Waals surface area contributed by atoms with E-state index in [0.717, 1.165) is 4.47 Å². The van der Waals surface area contributed by atoms with Crippen molar-refractivity contribution in [2.75, 3.05) is 0 Å². The Balaban J connectivity index is 0. The normalized spacial score (nSPS) is 9.71. The first-order chi connectivity index (χ1) is 6.33. The molecule has 0 unspecified atom stereocenters. The number of nitrogens with zero attached hydrogens (tertiary/aromatic N) is 2. The molecule has 0 saturated carbocycles. The summed E-state index contributed by atoms with van der Waals surface area (Å²) in [5, 5.41) is 8.27. The molecule has 0 atom stereocenters. The Bertz CT molecular complexity index is 335. The Morgan fingerprint density at radius 3 is 2.07 bits per heavy atom. The van der Waals surface area contributed by atoms with Crippen molar-refractivity contribution in [2.45, 2.75) is 0 Å². The molecule has 0 amide bonds. The lowest BCUT2D eigenvalue weighted by atomic mass is 10.3. The van der Waals surface area contributed by atoms with Crippen LogP contribution in [0.3, 0.4) is 0 Å². The van der Waals surface area contributed by atoms with Gasteiger partial charge in [0.2, 0.25) is 5.39 Å². The first kappa shape index (κ1) is 12.9. The van der Waals surface area contributed by atoms with E-state index in [1.54, 1.807) is 18.2 Å². The zero-order valence-corrected chi connectivity index (χ0v) is 8.26. The van der Waals surface area contributed by atoms with E-state index in [0.29, 0.717) is 5.69 Å². The topological polar surface area (TPSA) is 28.1 Å². The molecule has 0 radical (unpaired) electrons. The van der Waals surface area contributed by atoms with E-state index in [1.165, 1.54) is 0 Å². The van der Waals surface area contributed by atoms with E-state index in [4.69, 9.17) is 5.39 Å². The lowest BCUT2D eigenvalue weighted by molar-refractivity contribution is 0.368. The summed E-state index contributed by atoms with van der Waals surface area (Å²) in [7, 11) is -6.00. The summed E-state index contributed by atoms with van der Waals surface area (Å²) in [5.41, 5.74) is 0.560. The highest BCUT2D eigenvalue weighted by atomic mass is 79.9. The molecule has 0 heterocycles. The lowest BCUT2D eigenvalue weighted by Crippen LogP contribution is -2.02. The van der Waals surface area contributed by atoms with Crippen LogP contribution in [-0.4, -0.2) is 7.25 Å². The van der Waals surface area contributed by atoms with Crippen LogP contribution < -0.4 is 0 Å². The quantitative estimate of drug-likeness (QED) is 0.392. The van der Waals surface area contributed by atoms with Gasteiger partial charge >= 0.3 is 14.4 Å². The molecular formula is C6H5BBrF4N2+. The Labute approximate surface area is 87.3 Å². The van der Waals surface area contributed by atoms with Crippen LogP contribution in [0.2, 0.25) is 0 Å². The zero-order valence-electron chi connectivity index (χ0n) is 7.67. The SMILES string of the molecule is F[B-](F)(F)F.N#[N+]c1cccc(Br)c1.[H+]. The van der Waals surface area contributed by atoms with Crippen LogP contribution in [0.1, 0.15) is 1.43 Å². The average molecular weight is 272 g/mol. The maximum Gasteiger partial charge on any atom is 1.00 e. The minimum absolute atomic E-state index is 0. The third kappa shape index (κ3) is 9.00. The third-order valence-electron chi connectivity index (χ3n) is 0.924. The van der Waals surface area contributed by atoms with E-state index >= 15 is 0 Å². The Morgan fingerprint density at radius 2 is 1.79 bits per heavy atom. The summed E-state index contributed by atoms with van der Waals surface area (Å²) in [6.45, 7) is 0. The summed E-state index contributed by atoms with van der Waals surface area (Å²) in [5.74, 6) is 0. The van der Waals surface area contributed by atoms with Crippen molar-refractivity contribution < 1.29 is 18.7 Å². The summed E-state index contributed by atoms with van der Waals surface area (Å²) in [6, 6.07) is 7.11. The average Bonchev–Trinajstić information content (AvgIpc) is 2.01. The van der Waals surface area contributed by atoms with Gasteiger partial charge in [-0.2, -0.15) is 0 Å². The first-order valence-electron chi connectivity index (χ1n) is 3.31. The molecule has 1 aromatic rings. The molecule has 8 heteroatoms. The largest absolute Gasteiger partial charge is 1.00 e. The highest BCUT2D eigenvalue weighted by molar-refractivity contribution is 9.10. The van der Waals surface area contributed by atoms with E-state index in [-0.39, 0.29) is 1.43 Å². The highest BCUT2D eigenvalue weighted by Crippen LogP contribution is 2.17. The molecular weight excluding hydrogens is 267 g/mol. The molecule has 14 heavy (non-hydrogen) atoms. The van der Waals surface area contributed by atoms with Gasteiger partial charge in [-0.15, -0.1) is 0 Å². The fraction of sp³-hybridized carbons (Fsp3) is 0. The smallest absolute Gasteiger partial charge is 0.418 e. The number of rotatable bonds is 0. The van der Waals surface area contributed by atoms with Gasteiger partial charge < -0.3 is 17.3 Å². The number of halogens is 5. The van der Waals surface area contributed by atoms with Gasteiger partial charge in [-0.05, 0) is 6.07 Å². The van der Waals surface area contributed by atoms with Crippen molar-refractivity contribution >= 4 is 28.9 Å². The summed E-state index contributed by atoms with van der Waals surface area (Å²) in [6.07, 6.45) is 0. The second kappa shape index (κ2) is 5.60. The molecule has 0 aliphatic carbocycles. The minimum atomic E-state index is -6.00. The van der Waals surface area contributed by atoms with Gasteiger partial charge in [-0.25, -0.2) is 0 Å². The molecule has 1 rings (SSSR count). The summed E-state index contributed by atoms with van der Waals surface area (Å²) >= 11 is 3.23. The first-order valence-corrected chi connectivity index (χ1v) is 4.10. The second-order valence-corrected chi connectivity index (χ2v) is 2.99. The van der Waals surface area contributed by atoms with Gasteiger partial charge in [0, 0.05) is 16.6 Å². The number of hydrogen-bond donors (Lipinski definition) is 0. The van der Waals surface area contributed by atoms with Gasteiger partial charge in [0.1, 0.15) is 0 Å². The maximum atomic E-state index is 9.75. The van der Waals surface area contributed by atoms with Crippen molar-refractivity contribution in [3.8, 4) is 0 Å². The molecule has 0 bridgehead atoms. The van der Waals surface area contributed by atoms with Crippen molar-refractivity contribution in [2.24, 2.45) is 0 Å². The predicted molar refractivity (Wildman–Crippen MR) is 50.2 cm³/mol. The van der Waals surface area contributed by atoms with Crippen LogP contribution in [0, 0.1) is 5.39 Å². The maximum absolute atomic E-state index is 9.75. The minimum Gasteiger partial charge on any atom is -0.418 e. The number of benzene rings is 1. The Morgan fingerprint density at radius 1 is 1.29 bits per heavy atom. The van der Waals surface area contributed by atoms with Crippen LogP contribution in [0.25, 0.3) is 4.98 Å². The van der Waals surface area contributed by atoms with Crippen LogP contribution in [0.5, 0.6) is 0 Å². The molecule has 0 spiro atoms. The predicted octanol–water partition coefficient (Wildman–Crippen LogP) is 4.35. The second-order valence-electron chi connectivity index (χ2n) is 2.07. The number of diazo groups is 1. The van der Waals surface area contributed by atoms with E-state index in [9.17, 15) is 17.3 Å². The van der Waals surface area contributed by atoms with Gasteiger partial charge in [0.15, 0.2) is 4.98 Å². The summed E-state index contributed by atoms with van der Waals surface area (Å²) in [4.78, 5) is 3.00. The molecule has 0 N–H and O–H groups in total. The van der Waals surface area contributed by atoms with E-state index in [2.05, 4.69) is 20.9 Å². The van der Waals surface area contributed by atoms with Crippen molar-refractivity contribution in [3.05, 3.63) is 33.7 Å². The number of hydrogen-bond acceptors (Lipinski definition) is 1. The molecule has 0 aliphatic rings. The fourth-order valence-corrected chi connectivity index (χ4v) is 0.925. The van der Waals surface area contributed by atoms with E-state index < -0.39 is 7.25 Å². The van der Waals surface area contributed by atoms with Crippen LogP contribution in [0.4, 0.5) is 23.0 Å². The van der Waals surface area contributed by atoms with Gasteiger partial charge in [-0.3, -0.25) is 0 Å². The zero-order chi connectivity index (χ0) is 11.2. The Hall–Kier alpha value is -1.10. The molecule has 0 aliphatic heterocycles. The summed E-state index contributed by atoms with van der Waals surface area (Å²) < 4.78 is 39.9. The third-order valence-corrected chi connectivity index (χ3v) is 1.42. The molecule has 0 fully saturated rings. The molecule has 76 valence electrons. The Kier molecular flexibility index (Phi) is 5.16. The van der Waals surface area contributed by atoms with Gasteiger partial charge in [0.05, 0.1) is 0 Å². The monoisotopic (exact) mass is 271 g/mol. The van der Waals surface area contributed by atoms with Crippen molar-refractivity contribution in [1.29, 1.82) is 5.39 Å². The van der Waals surface area contributed by atoms with Crippen LogP contribution >= 0.6 is 15.9 Å². The van der Waals surface area contributed by atoms with Crippen molar-refractivity contribution in [1.82, 2.24) is 0 Å². The molecule has 0 saturated heterocycles. The molecule has 2 nitrogen and oxygen atoms in total. The van der Waals surface area contributed by atoms with Gasteiger partial charge in [0.25, 0.3) is 0 Å². The molecule has 1 aromatic carbocycles. The standard InChI is InChI=1S/C6H4BrN2.BF4/c7-5-2-1-3-6(4-5)9-8;2-1(3,4)5/h1-4H;/q+1;-1/p+1. The van der Waals surface area contributed by atoms with Gasteiger partial charge in [-0.1, -0.05) is 22.0 Å². The van der Waals surface area contributed by atoms with E-state index in [1.807, 2.05) is 6.07 Å². The van der Waals surface area contributed by atoms with Crippen LogP contribution in [0.15, 0.2) is 28.7 Å².